The van der Waals surface area contributed by atoms with Crippen molar-refractivity contribution in [2.45, 2.75) is 51.4 Å². The van der Waals surface area contributed by atoms with Crippen molar-refractivity contribution in [1.29, 1.82) is 0 Å². The summed E-state index contributed by atoms with van der Waals surface area (Å²) in [4.78, 5) is 14.8. The van der Waals surface area contributed by atoms with Crippen LogP contribution in [-0.4, -0.2) is 29.9 Å². The van der Waals surface area contributed by atoms with Crippen LogP contribution >= 0.6 is 0 Å². The summed E-state index contributed by atoms with van der Waals surface area (Å²) >= 11 is 0. The number of carbonyl (C=O) groups is 1. The highest BCUT2D eigenvalue weighted by atomic mass is 19.4. The summed E-state index contributed by atoms with van der Waals surface area (Å²) in [6.07, 6.45) is -0.238. The predicted octanol–water partition coefficient (Wildman–Crippen LogP) is 5.78. The molecule has 1 N–H and O–H groups in total. The van der Waals surface area contributed by atoms with Gasteiger partial charge in [-0.3, -0.25) is 0 Å². The van der Waals surface area contributed by atoms with E-state index >= 15 is 0 Å². The van der Waals surface area contributed by atoms with Gasteiger partial charge >= 0.3 is 12.4 Å². The molecule has 0 saturated carbocycles. The summed E-state index contributed by atoms with van der Waals surface area (Å²) in [6, 6.07) is 13.4. The van der Waals surface area contributed by atoms with Gasteiger partial charge in [-0.25, -0.2) is 4.79 Å². The number of alkyl halides is 3. The van der Waals surface area contributed by atoms with Crippen molar-refractivity contribution in [3.63, 3.8) is 0 Å². The minimum atomic E-state index is -4.74. The van der Waals surface area contributed by atoms with E-state index in [1.165, 1.54) is 35.4 Å². The first-order valence-electron chi connectivity index (χ1n) is 9.86. The Balaban J connectivity index is 1.68. The molecule has 1 aliphatic rings. The minimum absolute atomic E-state index is 0.101. The third-order valence-corrected chi connectivity index (χ3v) is 5.11. The Morgan fingerprint density at radius 2 is 1.83 bits per heavy atom. The number of carbonyl (C=O) groups excluding carboxylic acids is 1. The number of amides is 2. The maximum absolute atomic E-state index is 12.9. The largest absolute Gasteiger partial charge is 0.573 e. The molecule has 156 valence electrons. The molecule has 1 unspecified atom stereocenters. The van der Waals surface area contributed by atoms with Crippen molar-refractivity contribution in [1.82, 2.24) is 4.90 Å². The van der Waals surface area contributed by atoms with Crippen LogP contribution in [0.2, 0.25) is 0 Å². The fourth-order valence-electron chi connectivity index (χ4n) is 3.66. The summed E-state index contributed by atoms with van der Waals surface area (Å²) in [6.45, 7) is 2.72. The summed E-state index contributed by atoms with van der Waals surface area (Å²) in [5.74, 6) is -0.317. The van der Waals surface area contributed by atoms with Gasteiger partial charge in [-0.1, -0.05) is 37.6 Å². The van der Waals surface area contributed by atoms with Crippen molar-refractivity contribution in [2.24, 2.45) is 0 Å². The second-order valence-corrected chi connectivity index (χ2v) is 7.21. The summed E-state index contributed by atoms with van der Waals surface area (Å²) in [5.41, 5.74) is 3.04. The van der Waals surface area contributed by atoms with Crippen molar-refractivity contribution in [2.75, 3.05) is 11.9 Å². The standard InChI is InChI=1S/C22H25F3N2O2/c1-2-3-14-27(19-11-8-16-6-4-5-7-17(16)15-19)21(28)26-18-9-12-20(13-10-18)29-22(23,24)25/h4-7,9-10,12-13,19H,2-3,8,11,14-15H2,1H3,(H,26,28). The smallest absolute Gasteiger partial charge is 0.406 e. The zero-order valence-corrected chi connectivity index (χ0v) is 16.3. The highest BCUT2D eigenvalue weighted by molar-refractivity contribution is 5.89. The van der Waals surface area contributed by atoms with E-state index in [2.05, 4.69) is 29.1 Å². The van der Waals surface area contributed by atoms with Gasteiger partial charge in [0.25, 0.3) is 0 Å². The third kappa shape index (κ3) is 5.89. The highest BCUT2D eigenvalue weighted by Gasteiger charge is 2.31. The summed E-state index contributed by atoms with van der Waals surface area (Å²) < 4.78 is 40.7. The molecule has 0 heterocycles. The zero-order valence-electron chi connectivity index (χ0n) is 16.3. The lowest BCUT2D eigenvalue weighted by atomic mass is 9.87. The van der Waals surface area contributed by atoms with Gasteiger partial charge in [0.15, 0.2) is 0 Å². The molecule has 0 aliphatic heterocycles. The van der Waals surface area contributed by atoms with E-state index in [0.29, 0.717) is 12.2 Å². The Bertz CT molecular complexity index is 822. The molecule has 2 amide bonds. The lowest BCUT2D eigenvalue weighted by Crippen LogP contribution is -2.46. The van der Waals surface area contributed by atoms with E-state index in [1.807, 2.05) is 17.0 Å². The Labute approximate surface area is 168 Å². The Morgan fingerprint density at radius 3 is 2.48 bits per heavy atom. The fraction of sp³-hybridized carbons (Fsp3) is 0.409. The molecule has 1 atom stereocenters. The molecule has 29 heavy (non-hydrogen) atoms. The number of ether oxygens (including phenoxy) is 1. The number of nitrogens with zero attached hydrogens (tertiary/aromatic N) is 1. The van der Waals surface area contributed by atoms with Crippen LogP contribution in [0, 0.1) is 0 Å². The van der Waals surface area contributed by atoms with Gasteiger partial charge in [0, 0.05) is 18.3 Å². The van der Waals surface area contributed by atoms with E-state index < -0.39 is 6.36 Å². The molecule has 3 rings (SSSR count). The zero-order chi connectivity index (χ0) is 20.9. The average Bonchev–Trinajstić information content (AvgIpc) is 2.68. The number of nitrogens with one attached hydrogen (secondary N) is 1. The molecule has 0 spiro atoms. The maximum Gasteiger partial charge on any atom is 0.573 e. The normalized spacial score (nSPS) is 16.1. The van der Waals surface area contributed by atoms with Gasteiger partial charge in [-0.2, -0.15) is 0 Å². The number of fused-ring (bicyclic) bond motifs is 1. The number of urea groups is 1. The SMILES string of the molecule is CCCCN(C(=O)Nc1ccc(OC(F)(F)F)cc1)C1CCc2ccccc2C1. The van der Waals surface area contributed by atoms with Crippen LogP contribution < -0.4 is 10.1 Å². The molecule has 2 aromatic carbocycles. The quantitative estimate of drug-likeness (QED) is 0.661. The van der Waals surface area contributed by atoms with E-state index in [9.17, 15) is 18.0 Å². The number of rotatable bonds is 6. The Hall–Kier alpha value is -2.70. The number of hydrogen-bond acceptors (Lipinski definition) is 2. The van der Waals surface area contributed by atoms with Gasteiger partial charge in [0.1, 0.15) is 5.75 Å². The molecular formula is C22H25F3N2O2. The predicted molar refractivity (Wildman–Crippen MR) is 106 cm³/mol. The lowest BCUT2D eigenvalue weighted by molar-refractivity contribution is -0.274. The monoisotopic (exact) mass is 406 g/mol. The van der Waals surface area contributed by atoms with E-state index in [1.54, 1.807) is 0 Å². The van der Waals surface area contributed by atoms with Crippen LogP contribution in [0.15, 0.2) is 48.5 Å². The van der Waals surface area contributed by atoms with Crippen LogP contribution in [0.5, 0.6) is 5.75 Å². The molecule has 4 nitrogen and oxygen atoms in total. The first kappa shape index (κ1) is 21.0. The molecule has 0 aromatic heterocycles. The van der Waals surface area contributed by atoms with Gasteiger partial charge < -0.3 is 15.0 Å². The van der Waals surface area contributed by atoms with Crippen molar-refractivity contribution >= 4 is 11.7 Å². The third-order valence-electron chi connectivity index (χ3n) is 5.11. The molecular weight excluding hydrogens is 381 g/mol. The van der Waals surface area contributed by atoms with E-state index in [4.69, 9.17) is 0 Å². The van der Waals surface area contributed by atoms with Crippen LogP contribution in [0.3, 0.4) is 0 Å². The number of hydrogen-bond donors (Lipinski definition) is 1. The first-order chi connectivity index (χ1) is 13.9. The number of benzene rings is 2. The van der Waals surface area contributed by atoms with E-state index in [-0.39, 0.29) is 17.8 Å². The summed E-state index contributed by atoms with van der Waals surface area (Å²) in [5, 5.41) is 2.81. The molecule has 0 radical (unpaired) electrons. The van der Waals surface area contributed by atoms with Crippen LogP contribution in [0.25, 0.3) is 0 Å². The Morgan fingerprint density at radius 1 is 1.14 bits per heavy atom. The lowest BCUT2D eigenvalue weighted by Gasteiger charge is -2.35. The molecule has 0 bridgehead atoms. The van der Waals surface area contributed by atoms with Gasteiger partial charge in [-0.15, -0.1) is 13.2 Å². The van der Waals surface area contributed by atoms with Gasteiger partial charge in [0.05, 0.1) is 0 Å². The van der Waals surface area contributed by atoms with E-state index in [0.717, 1.165) is 32.1 Å². The number of halogens is 3. The number of anilines is 1. The fourth-order valence-corrected chi connectivity index (χ4v) is 3.66. The molecule has 1 aliphatic carbocycles. The molecule has 2 aromatic rings. The van der Waals surface area contributed by atoms with Crippen molar-refractivity contribution < 1.29 is 22.7 Å². The maximum atomic E-state index is 12.9. The highest BCUT2D eigenvalue weighted by Crippen LogP contribution is 2.27. The molecule has 0 fully saturated rings. The topological polar surface area (TPSA) is 41.6 Å². The molecule has 0 saturated heterocycles. The second kappa shape index (κ2) is 9.20. The minimum Gasteiger partial charge on any atom is -0.406 e. The second-order valence-electron chi connectivity index (χ2n) is 7.21. The van der Waals surface area contributed by atoms with Gasteiger partial charge in [-0.05, 0) is 61.1 Å². The van der Waals surface area contributed by atoms with Crippen molar-refractivity contribution in [3.05, 3.63) is 59.7 Å². The number of unbranched alkanes of at least 4 members (excludes halogenated alkanes) is 1. The summed E-state index contributed by atoms with van der Waals surface area (Å²) in [7, 11) is 0. The van der Waals surface area contributed by atoms with Crippen LogP contribution in [-0.2, 0) is 12.8 Å². The van der Waals surface area contributed by atoms with Crippen LogP contribution in [0.1, 0.15) is 37.3 Å². The van der Waals surface area contributed by atoms with Gasteiger partial charge in [0.2, 0.25) is 0 Å². The number of aryl methyl sites for hydroxylation is 1. The Kier molecular flexibility index (Phi) is 6.67. The van der Waals surface area contributed by atoms with Crippen LogP contribution in [0.4, 0.5) is 23.7 Å². The molecule has 7 heteroatoms. The average molecular weight is 406 g/mol. The van der Waals surface area contributed by atoms with Crippen molar-refractivity contribution in [3.8, 4) is 5.75 Å². The first-order valence-corrected chi connectivity index (χ1v) is 9.86.